The molecule has 30 heavy (non-hydrogen) atoms. The fourth-order valence-corrected chi connectivity index (χ4v) is 4.81. The van der Waals surface area contributed by atoms with Gasteiger partial charge in [-0.05, 0) is 75.4 Å². The first kappa shape index (κ1) is 24.6. The van der Waals surface area contributed by atoms with Crippen LogP contribution in [0.3, 0.4) is 0 Å². The summed E-state index contributed by atoms with van der Waals surface area (Å²) in [5, 5.41) is 16.0. The molecule has 1 aliphatic rings. The van der Waals surface area contributed by atoms with Gasteiger partial charge in [0.15, 0.2) is 0 Å². The van der Waals surface area contributed by atoms with Crippen LogP contribution < -0.4 is 14.8 Å². The van der Waals surface area contributed by atoms with Gasteiger partial charge in [-0.15, -0.1) is 0 Å². The standard InChI is InChI=1S/C22H36N2O5S/c1-2-3-16-30(27,28)29-20-9-7-19(8-10-20)17-21(22(25)26)24-13-5-4-6-18-11-14-23-15-12-18/h7-10,18,21,23-24H,2-6,11-17H2,1H3,(H,25,26)/t21-/m0/s1. The van der Waals surface area contributed by atoms with Crippen molar-refractivity contribution in [2.75, 3.05) is 25.4 Å². The number of nitrogens with one attached hydrogen (secondary N) is 2. The van der Waals surface area contributed by atoms with Gasteiger partial charge in [0.1, 0.15) is 11.8 Å². The number of carbonyl (C=O) groups is 1. The van der Waals surface area contributed by atoms with Crippen LogP contribution in [0, 0.1) is 5.92 Å². The summed E-state index contributed by atoms with van der Waals surface area (Å²) < 4.78 is 28.8. The predicted molar refractivity (Wildman–Crippen MR) is 118 cm³/mol. The molecule has 1 aliphatic heterocycles. The zero-order chi connectivity index (χ0) is 21.8. The number of carboxylic acid groups (broad SMARTS) is 1. The van der Waals surface area contributed by atoms with Gasteiger partial charge in [-0.3, -0.25) is 4.79 Å². The van der Waals surface area contributed by atoms with E-state index in [0.29, 0.717) is 19.4 Å². The van der Waals surface area contributed by atoms with Gasteiger partial charge in [-0.25, -0.2) is 0 Å². The lowest BCUT2D eigenvalue weighted by molar-refractivity contribution is -0.139. The molecule has 1 aromatic rings. The van der Waals surface area contributed by atoms with Gasteiger partial charge in [0.25, 0.3) is 0 Å². The van der Waals surface area contributed by atoms with E-state index in [1.54, 1.807) is 24.3 Å². The Morgan fingerprint density at radius 3 is 2.53 bits per heavy atom. The van der Waals surface area contributed by atoms with Gasteiger partial charge in [0, 0.05) is 0 Å². The van der Waals surface area contributed by atoms with Crippen molar-refractivity contribution in [2.45, 2.75) is 64.3 Å². The summed E-state index contributed by atoms with van der Waals surface area (Å²) in [4.78, 5) is 11.6. The van der Waals surface area contributed by atoms with E-state index in [4.69, 9.17) is 4.18 Å². The average Bonchev–Trinajstić information content (AvgIpc) is 2.73. The lowest BCUT2D eigenvalue weighted by Crippen LogP contribution is -2.39. The fourth-order valence-electron chi connectivity index (χ4n) is 3.68. The molecule has 2 rings (SSSR count). The molecule has 0 bridgehead atoms. The maximum atomic E-state index is 11.9. The minimum Gasteiger partial charge on any atom is -0.480 e. The van der Waals surface area contributed by atoms with Crippen LogP contribution in [-0.2, 0) is 21.3 Å². The topological polar surface area (TPSA) is 105 Å². The maximum absolute atomic E-state index is 11.9. The highest BCUT2D eigenvalue weighted by Gasteiger charge is 2.18. The van der Waals surface area contributed by atoms with Crippen molar-refractivity contribution in [3.8, 4) is 5.75 Å². The van der Waals surface area contributed by atoms with E-state index in [0.717, 1.165) is 43.8 Å². The predicted octanol–water partition coefficient (Wildman–Crippen LogP) is 2.95. The Morgan fingerprint density at radius 1 is 1.20 bits per heavy atom. The quantitative estimate of drug-likeness (QED) is 0.302. The number of rotatable bonds is 14. The normalized spacial score (nSPS) is 16.3. The molecule has 0 radical (unpaired) electrons. The number of piperidine rings is 1. The molecular formula is C22H36N2O5S. The van der Waals surface area contributed by atoms with Gasteiger partial charge < -0.3 is 19.9 Å². The molecule has 1 saturated heterocycles. The second-order valence-electron chi connectivity index (χ2n) is 8.08. The largest absolute Gasteiger partial charge is 0.480 e. The Balaban J connectivity index is 1.75. The third-order valence-electron chi connectivity index (χ3n) is 5.52. The van der Waals surface area contributed by atoms with Crippen LogP contribution in [0.4, 0.5) is 0 Å². The zero-order valence-electron chi connectivity index (χ0n) is 17.9. The summed E-state index contributed by atoms with van der Waals surface area (Å²) in [7, 11) is -3.58. The van der Waals surface area contributed by atoms with E-state index >= 15 is 0 Å². The number of unbranched alkanes of at least 4 members (excludes halogenated alkanes) is 2. The second-order valence-corrected chi connectivity index (χ2v) is 9.77. The SMILES string of the molecule is CCCCS(=O)(=O)Oc1ccc(C[C@H](NCCCCC2CCNCC2)C(=O)O)cc1. The summed E-state index contributed by atoms with van der Waals surface area (Å²) in [6.45, 7) is 4.82. The van der Waals surface area contributed by atoms with Crippen molar-refractivity contribution in [3.63, 3.8) is 0 Å². The molecule has 1 heterocycles. The van der Waals surface area contributed by atoms with Gasteiger partial charge in [-0.2, -0.15) is 8.42 Å². The highest BCUT2D eigenvalue weighted by atomic mass is 32.2. The fraction of sp³-hybridized carbons (Fsp3) is 0.682. The van der Waals surface area contributed by atoms with Crippen molar-refractivity contribution in [1.29, 1.82) is 0 Å². The lowest BCUT2D eigenvalue weighted by Gasteiger charge is -2.22. The Bertz CT molecular complexity index is 730. The molecule has 0 aromatic heterocycles. The second kappa shape index (κ2) is 12.9. The van der Waals surface area contributed by atoms with E-state index in [1.165, 1.54) is 19.3 Å². The highest BCUT2D eigenvalue weighted by Crippen LogP contribution is 2.19. The molecule has 170 valence electrons. The average molecular weight is 441 g/mol. The molecule has 3 N–H and O–H groups in total. The first-order valence-electron chi connectivity index (χ1n) is 11.1. The Hall–Kier alpha value is -1.64. The van der Waals surface area contributed by atoms with E-state index in [-0.39, 0.29) is 11.5 Å². The van der Waals surface area contributed by atoms with E-state index < -0.39 is 22.1 Å². The van der Waals surface area contributed by atoms with E-state index in [9.17, 15) is 18.3 Å². The molecule has 0 amide bonds. The van der Waals surface area contributed by atoms with Crippen LogP contribution in [-0.4, -0.2) is 50.9 Å². The molecule has 1 aromatic carbocycles. The summed E-state index contributed by atoms with van der Waals surface area (Å²) >= 11 is 0. The molecule has 0 saturated carbocycles. The van der Waals surface area contributed by atoms with Crippen molar-refractivity contribution in [1.82, 2.24) is 10.6 Å². The van der Waals surface area contributed by atoms with Gasteiger partial charge >= 0.3 is 16.1 Å². The van der Waals surface area contributed by atoms with Crippen molar-refractivity contribution in [3.05, 3.63) is 29.8 Å². The van der Waals surface area contributed by atoms with E-state index in [2.05, 4.69) is 10.6 Å². The monoisotopic (exact) mass is 440 g/mol. The van der Waals surface area contributed by atoms with Crippen LogP contribution in [0.1, 0.15) is 57.4 Å². The Morgan fingerprint density at radius 2 is 1.90 bits per heavy atom. The van der Waals surface area contributed by atoms with Gasteiger partial charge in [0.05, 0.1) is 5.75 Å². The molecule has 0 spiro atoms. The molecule has 7 nitrogen and oxygen atoms in total. The Kier molecular flexibility index (Phi) is 10.6. The number of hydrogen-bond acceptors (Lipinski definition) is 6. The highest BCUT2D eigenvalue weighted by molar-refractivity contribution is 7.87. The minimum atomic E-state index is -3.58. The molecule has 8 heteroatoms. The van der Waals surface area contributed by atoms with Crippen molar-refractivity contribution >= 4 is 16.1 Å². The molecule has 0 unspecified atom stereocenters. The number of benzene rings is 1. The van der Waals surface area contributed by atoms with Gasteiger partial charge in [-0.1, -0.05) is 38.3 Å². The van der Waals surface area contributed by atoms with Crippen LogP contribution in [0.15, 0.2) is 24.3 Å². The smallest absolute Gasteiger partial charge is 0.321 e. The summed E-state index contributed by atoms with van der Waals surface area (Å²) in [5.41, 5.74) is 0.822. The van der Waals surface area contributed by atoms with Crippen LogP contribution >= 0.6 is 0 Å². The Labute approximate surface area is 180 Å². The summed E-state index contributed by atoms with van der Waals surface area (Å²) in [6, 6.07) is 5.94. The van der Waals surface area contributed by atoms with Crippen LogP contribution in [0.5, 0.6) is 5.75 Å². The molecule has 0 aliphatic carbocycles. The lowest BCUT2D eigenvalue weighted by atomic mass is 9.92. The number of aliphatic carboxylic acids is 1. The minimum absolute atomic E-state index is 0.00606. The van der Waals surface area contributed by atoms with Crippen LogP contribution in [0.2, 0.25) is 0 Å². The third kappa shape index (κ3) is 9.45. The summed E-state index contributed by atoms with van der Waals surface area (Å²) in [5.74, 6) is 0.171. The third-order valence-corrected chi connectivity index (χ3v) is 6.76. The first-order valence-corrected chi connectivity index (χ1v) is 12.7. The van der Waals surface area contributed by atoms with E-state index in [1.807, 2.05) is 6.92 Å². The first-order chi connectivity index (χ1) is 14.4. The molecule has 1 atom stereocenters. The van der Waals surface area contributed by atoms with Crippen molar-refractivity contribution in [2.24, 2.45) is 5.92 Å². The number of hydrogen-bond donors (Lipinski definition) is 3. The number of carboxylic acids is 1. The molecular weight excluding hydrogens is 404 g/mol. The van der Waals surface area contributed by atoms with Crippen LogP contribution in [0.25, 0.3) is 0 Å². The zero-order valence-corrected chi connectivity index (χ0v) is 18.8. The maximum Gasteiger partial charge on any atom is 0.321 e. The van der Waals surface area contributed by atoms with Gasteiger partial charge in [0.2, 0.25) is 0 Å². The molecule has 1 fully saturated rings. The van der Waals surface area contributed by atoms with Crippen molar-refractivity contribution < 1.29 is 22.5 Å². The summed E-state index contributed by atoms with van der Waals surface area (Å²) in [6.07, 6.45) is 7.46.